The highest BCUT2D eigenvalue weighted by Gasteiger charge is 2.44. The molecular weight excluding hydrogens is 435 g/mol. The second-order valence-electron chi connectivity index (χ2n) is 10.8. The predicted octanol–water partition coefficient (Wildman–Crippen LogP) is 5.47. The lowest BCUT2D eigenvalue weighted by Gasteiger charge is -2.44. The fourth-order valence-electron chi connectivity index (χ4n) is 5.36. The van der Waals surface area contributed by atoms with Crippen molar-refractivity contribution in [2.24, 2.45) is 5.92 Å². The quantitative estimate of drug-likeness (QED) is 0.502. The van der Waals surface area contributed by atoms with Crippen molar-refractivity contribution in [2.75, 3.05) is 44.8 Å². The van der Waals surface area contributed by atoms with Gasteiger partial charge in [-0.1, -0.05) is 12.1 Å². The molecule has 1 aromatic rings. The Kier molecular flexibility index (Phi) is 9.21. The molecule has 34 heavy (non-hydrogen) atoms. The Morgan fingerprint density at radius 1 is 1.12 bits per heavy atom. The van der Waals surface area contributed by atoms with Gasteiger partial charge in [0.05, 0.1) is 11.3 Å². The van der Waals surface area contributed by atoms with E-state index in [2.05, 4.69) is 4.90 Å². The molecule has 0 aromatic heterocycles. The molecule has 0 saturated carbocycles. The van der Waals surface area contributed by atoms with Gasteiger partial charge in [0.25, 0.3) is 0 Å². The average molecular weight is 479 g/mol. The van der Waals surface area contributed by atoms with Gasteiger partial charge in [0.1, 0.15) is 11.4 Å². The van der Waals surface area contributed by atoms with Gasteiger partial charge in [-0.15, -0.1) is 0 Å². The molecule has 192 valence electrons. The largest absolute Gasteiger partial charge is 0.444 e. The molecule has 7 heteroatoms. The Balaban J connectivity index is 1.94. The highest BCUT2D eigenvalue weighted by Crippen LogP contribution is 2.45. The number of piperidine rings is 2. The zero-order chi connectivity index (χ0) is 24.8. The van der Waals surface area contributed by atoms with E-state index >= 15 is 4.39 Å². The summed E-state index contributed by atoms with van der Waals surface area (Å²) in [7, 11) is 1.67. The number of aliphatic hydroxyl groups is 1. The number of para-hydroxylation sites is 1. The Bertz CT molecular complexity index is 806. The summed E-state index contributed by atoms with van der Waals surface area (Å²) in [5.41, 5.74) is -0.637. The lowest BCUT2D eigenvalue weighted by molar-refractivity contribution is -0.0640. The number of anilines is 1. The van der Waals surface area contributed by atoms with Crippen LogP contribution in [0.25, 0.3) is 0 Å². The summed E-state index contributed by atoms with van der Waals surface area (Å²) in [6, 6.07) is 5.08. The molecule has 2 aliphatic rings. The zero-order valence-corrected chi connectivity index (χ0v) is 21.4. The molecule has 6 nitrogen and oxygen atoms in total. The van der Waals surface area contributed by atoms with Crippen LogP contribution in [0, 0.1) is 11.7 Å². The molecule has 1 unspecified atom stereocenters. The Labute approximate surface area is 204 Å². The molecule has 2 atom stereocenters. The number of amides is 1. The molecule has 2 heterocycles. The van der Waals surface area contributed by atoms with Gasteiger partial charge >= 0.3 is 6.09 Å². The lowest BCUT2D eigenvalue weighted by atomic mass is 9.73. The first-order chi connectivity index (χ1) is 16.2. The van der Waals surface area contributed by atoms with E-state index in [1.807, 2.05) is 26.8 Å². The van der Waals surface area contributed by atoms with Crippen LogP contribution in [0.5, 0.6) is 0 Å². The Morgan fingerprint density at radius 3 is 2.53 bits per heavy atom. The summed E-state index contributed by atoms with van der Waals surface area (Å²) in [4.78, 5) is 16.6. The topological polar surface area (TPSA) is 62.2 Å². The molecule has 1 aromatic carbocycles. The number of carbonyl (C=O) groups excluding carboxylic acids is 1. The predicted molar refractivity (Wildman–Crippen MR) is 133 cm³/mol. The third-order valence-corrected chi connectivity index (χ3v) is 7.03. The van der Waals surface area contributed by atoms with Gasteiger partial charge in [-0.2, -0.15) is 0 Å². The van der Waals surface area contributed by atoms with E-state index in [1.165, 1.54) is 6.07 Å². The van der Waals surface area contributed by atoms with Gasteiger partial charge < -0.3 is 24.4 Å². The molecule has 1 amide bonds. The maximum Gasteiger partial charge on any atom is 0.410 e. The van der Waals surface area contributed by atoms with Crippen LogP contribution in [0.2, 0.25) is 0 Å². The molecule has 2 fully saturated rings. The highest BCUT2D eigenvalue weighted by atomic mass is 19.1. The van der Waals surface area contributed by atoms with Gasteiger partial charge in [-0.3, -0.25) is 0 Å². The lowest BCUT2D eigenvalue weighted by Crippen LogP contribution is -2.50. The Hall–Kier alpha value is -1.86. The second-order valence-corrected chi connectivity index (χ2v) is 10.8. The van der Waals surface area contributed by atoms with Crippen LogP contribution in [0.1, 0.15) is 77.7 Å². The molecule has 0 spiro atoms. The zero-order valence-electron chi connectivity index (χ0n) is 21.4. The van der Waals surface area contributed by atoms with Gasteiger partial charge in [-0.25, -0.2) is 9.18 Å². The average Bonchev–Trinajstić information content (AvgIpc) is 2.81. The molecule has 0 radical (unpaired) electrons. The minimum absolute atomic E-state index is 0.207. The van der Waals surface area contributed by atoms with Crippen molar-refractivity contribution in [1.82, 2.24) is 4.90 Å². The summed E-state index contributed by atoms with van der Waals surface area (Å²) in [5, 5.41) is 12.4. The highest BCUT2D eigenvalue weighted by molar-refractivity contribution is 5.68. The molecule has 3 rings (SSSR count). The van der Waals surface area contributed by atoms with Gasteiger partial charge in [0, 0.05) is 51.4 Å². The number of hydrogen-bond donors (Lipinski definition) is 1. The van der Waals surface area contributed by atoms with Crippen molar-refractivity contribution in [3.63, 3.8) is 0 Å². The van der Waals surface area contributed by atoms with Gasteiger partial charge in [0.2, 0.25) is 0 Å². The van der Waals surface area contributed by atoms with E-state index in [4.69, 9.17) is 9.47 Å². The third kappa shape index (κ3) is 6.63. The number of hydrogen-bond acceptors (Lipinski definition) is 5. The number of ether oxygens (including phenoxy) is 2. The second kappa shape index (κ2) is 11.7. The molecule has 0 bridgehead atoms. The first-order valence-corrected chi connectivity index (χ1v) is 12.9. The van der Waals surface area contributed by atoms with E-state index in [1.54, 1.807) is 18.1 Å². The molecule has 1 N–H and O–H groups in total. The van der Waals surface area contributed by atoms with Crippen molar-refractivity contribution in [3.8, 4) is 0 Å². The normalized spacial score (nSPS) is 21.3. The van der Waals surface area contributed by atoms with Crippen molar-refractivity contribution >= 4 is 11.8 Å². The van der Waals surface area contributed by atoms with E-state index < -0.39 is 11.2 Å². The summed E-state index contributed by atoms with van der Waals surface area (Å²) in [5.74, 6) is -0.490. The van der Waals surface area contributed by atoms with Crippen LogP contribution in [0.3, 0.4) is 0 Å². The van der Waals surface area contributed by atoms with E-state index in [0.717, 1.165) is 58.0 Å². The van der Waals surface area contributed by atoms with Crippen LogP contribution in [0.15, 0.2) is 18.2 Å². The van der Waals surface area contributed by atoms with Crippen molar-refractivity contribution in [3.05, 3.63) is 29.6 Å². The van der Waals surface area contributed by atoms with E-state index in [-0.39, 0.29) is 17.8 Å². The monoisotopic (exact) mass is 478 g/mol. The SMILES string of the molecule is COCCCC[C@@](O)(c1cccc(F)c1N1CCCCC1)C1CCCN(C(=O)OC(C)(C)C)C1. The van der Waals surface area contributed by atoms with E-state index in [9.17, 15) is 9.90 Å². The minimum atomic E-state index is -1.25. The van der Waals surface area contributed by atoms with Crippen LogP contribution in [0.4, 0.5) is 14.9 Å². The fraction of sp³-hybridized carbons (Fsp3) is 0.741. The van der Waals surface area contributed by atoms with Crippen LogP contribution < -0.4 is 4.90 Å². The first-order valence-electron chi connectivity index (χ1n) is 12.9. The van der Waals surface area contributed by atoms with Gasteiger partial charge in [-0.05, 0) is 78.2 Å². The third-order valence-electron chi connectivity index (χ3n) is 7.03. The number of benzene rings is 1. The summed E-state index contributed by atoms with van der Waals surface area (Å²) < 4.78 is 26.1. The number of halogens is 1. The number of carbonyl (C=O) groups is 1. The maximum absolute atomic E-state index is 15.3. The summed E-state index contributed by atoms with van der Waals surface area (Å²) in [6.07, 6.45) is 6.46. The van der Waals surface area contributed by atoms with E-state index in [0.29, 0.717) is 37.4 Å². The molecular formula is C27H43FN2O4. The maximum atomic E-state index is 15.3. The summed E-state index contributed by atoms with van der Waals surface area (Å²) >= 11 is 0. The van der Waals surface area contributed by atoms with Crippen molar-refractivity contribution in [1.29, 1.82) is 0 Å². The van der Waals surface area contributed by atoms with Crippen LogP contribution in [-0.4, -0.2) is 61.6 Å². The first kappa shape index (κ1) is 26.7. The van der Waals surface area contributed by atoms with Crippen molar-refractivity contribution in [2.45, 2.75) is 83.3 Å². The van der Waals surface area contributed by atoms with Crippen LogP contribution >= 0.6 is 0 Å². The standard InChI is InChI=1S/C27H43FN2O4/c1-26(2,3)34-25(31)30-18-11-12-21(20-30)27(32,15-6-9-19-33-4)22-13-10-14-23(28)24(22)29-16-7-5-8-17-29/h10,13-14,21,32H,5-9,11-12,15-20H2,1-4H3/t21?,27-/m0/s1. The van der Waals surface area contributed by atoms with Gasteiger partial charge in [0.15, 0.2) is 0 Å². The number of unbranched alkanes of at least 4 members (excludes halogenated alkanes) is 1. The number of likely N-dealkylation sites (tertiary alicyclic amines) is 1. The molecule has 2 saturated heterocycles. The minimum Gasteiger partial charge on any atom is -0.444 e. The molecule has 0 aliphatic carbocycles. The smallest absolute Gasteiger partial charge is 0.410 e. The fourth-order valence-corrected chi connectivity index (χ4v) is 5.36. The van der Waals surface area contributed by atoms with Crippen molar-refractivity contribution < 1.29 is 23.8 Å². The summed E-state index contributed by atoms with van der Waals surface area (Å²) in [6.45, 7) is 8.78. The number of rotatable bonds is 8. The Morgan fingerprint density at radius 2 is 1.85 bits per heavy atom. The number of nitrogens with zero attached hydrogens (tertiary/aromatic N) is 2. The molecule has 2 aliphatic heterocycles. The number of methoxy groups -OCH3 is 1. The van der Waals surface area contributed by atoms with Crippen LogP contribution in [-0.2, 0) is 15.1 Å².